The zero-order valence-electron chi connectivity index (χ0n) is 14.9. The number of nitrogens with zero attached hydrogens (tertiary/aromatic N) is 6. The van der Waals surface area contributed by atoms with E-state index in [0.717, 1.165) is 55.9 Å². The number of morpholine rings is 1. The van der Waals surface area contributed by atoms with Crippen LogP contribution in [0.25, 0.3) is 0 Å². The minimum Gasteiger partial charge on any atom is -0.369 e. The number of ether oxygens (including phenoxy) is 1. The fourth-order valence-corrected chi connectivity index (χ4v) is 2.90. The highest BCUT2D eigenvalue weighted by Gasteiger charge is 2.22. The Morgan fingerprint density at radius 1 is 1.33 bits per heavy atom. The minimum absolute atomic E-state index is 0.0218. The first-order chi connectivity index (χ1) is 11.5. The van der Waals surface area contributed by atoms with Crippen LogP contribution in [0.1, 0.15) is 23.4 Å². The molecule has 1 aliphatic heterocycles. The van der Waals surface area contributed by atoms with E-state index in [1.165, 1.54) is 0 Å². The van der Waals surface area contributed by atoms with Crippen molar-refractivity contribution < 1.29 is 4.74 Å². The minimum atomic E-state index is 0.0218. The molecule has 130 valence electrons. The van der Waals surface area contributed by atoms with E-state index >= 15 is 0 Å². The van der Waals surface area contributed by atoms with Gasteiger partial charge < -0.3 is 19.1 Å². The van der Waals surface area contributed by atoms with E-state index < -0.39 is 0 Å². The lowest BCUT2D eigenvalue weighted by molar-refractivity contribution is -0.0232. The molecule has 0 aromatic carbocycles. The number of anilines is 1. The van der Waals surface area contributed by atoms with Crippen LogP contribution in [0.3, 0.4) is 0 Å². The molecule has 0 aliphatic carbocycles. The molecule has 0 unspecified atom stereocenters. The van der Waals surface area contributed by atoms with E-state index in [9.17, 15) is 0 Å². The number of aryl methyl sites for hydroxylation is 2. The summed E-state index contributed by atoms with van der Waals surface area (Å²) < 4.78 is 8.04. The predicted octanol–water partition coefficient (Wildman–Crippen LogP) is 1.43. The molecular weight excluding hydrogens is 304 g/mol. The van der Waals surface area contributed by atoms with Crippen LogP contribution in [-0.2, 0) is 11.3 Å². The molecule has 0 saturated carbocycles. The molecule has 0 radical (unpaired) electrons. The summed E-state index contributed by atoms with van der Waals surface area (Å²) in [5, 5.41) is 0. The molecule has 3 heterocycles. The molecule has 0 bridgehead atoms. The number of hydrogen-bond acceptors (Lipinski definition) is 6. The van der Waals surface area contributed by atoms with Crippen molar-refractivity contribution in [1.29, 1.82) is 0 Å². The Bertz CT molecular complexity index is 685. The molecule has 0 amide bonds. The van der Waals surface area contributed by atoms with Crippen molar-refractivity contribution in [2.75, 3.05) is 45.2 Å². The van der Waals surface area contributed by atoms with E-state index in [4.69, 9.17) is 4.74 Å². The molecule has 1 aliphatic rings. The van der Waals surface area contributed by atoms with Gasteiger partial charge in [0.15, 0.2) is 0 Å². The van der Waals surface area contributed by atoms with Gasteiger partial charge in [0.25, 0.3) is 0 Å². The third-order valence-electron chi connectivity index (χ3n) is 4.43. The third kappa shape index (κ3) is 3.91. The van der Waals surface area contributed by atoms with Crippen molar-refractivity contribution in [3.63, 3.8) is 0 Å². The van der Waals surface area contributed by atoms with Crippen molar-refractivity contribution in [2.45, 2.75) is 26.5 Å². The molecule has 2 aromatic heterocycles. The van der Waals surface area contributed by atoms with Crippen molar-refractivity contribution >= 4 is 5.82 Å². The molecule has 3 rings (SSSR count). The summed E-state index contributed by atoms with van der Waals surface area (Å²) in [6.45, 7) is 8.28. The van der Waals surface area contributed by atoms with Gasteiger partial charge in [-0.05, 0) is 20.9 Å². The van der Waals surface area contributed by atoms with Crippen LogP contribution in [0.15, 0.2) is 18.5 Å². The Morgan fingerprint density at radius 2 is 2.17 bits per heavy atom. The van der Waals surface area contributed by atoms with Crippen LogP contribution in [0.4, 0.5) is 5.82 Å². The predicted molar refractivity (Wildman–Crippen MR) is 93.2 cm³/mol. The van der Waals surface area contributed by atoms with Gasteiger partial charge in [-0.2, -0.15) is 0 Å². The lowest BCUT2D eigenvalue weighted by atomic mass is 10.2. The summed E-state index contributed by atoms with van der Waals surface area (Å²) in [6.07, 6.45) is 3.86. The van der Waals surface area contributed by atoms with Crippen LogP contribution < -0.4 is 4.90 Å². The van der Waals surface area contributed by atoms with E-state index in [1.54, 1.807) is 0 Å². The molecule has 1 atom stereocenters. The van der Waals surface area contributed by atoms with Crippen molar-refractivity contribution in [3.05, 3.63) is 35.8 Å². The average Bonchev–Trinajstić information content (AvgIpc) is 2.97. The Kier molecular flexibility index (Phi) is 5.11. The van der Waals surface area contributed by atoms with Gasteiger partial charge in [0, 0.05) is 51.7 Å². The van der Waals surface area contributed by atoms with Gasteiger partial charge in [-0.3, -0.25) is 0 Å². The molecule has 7 nitrogen and oxygen atoms in total. The number of imidazole rings is 1. The van der Waals surface area contributed by atoms with Crippen LogP contribution in [0, 0.1) is 13.8 Å². The highest BCUT2D eigenvalue weighted by molar-refractivity contribution is 5.39. The normalized spacial score (nSPS) is 18.8. The molecule has 24 heavy (non-hydrogen) atoms. The smallest absolute Gasteiger partial charge is 0.132 e. The molecule has 0 spiro atoms. The summed E-state index contributed by atoms with van der Waals surface area (Å²) >= 11 is 0. The number of hydrogen-bond donors (Lipinski definition) is 0. The summed E-state index contributed by atoms with van der Waals surface area (Å²) in [5.74, 6) is 2.75. The van der Waals surface area contributed by atoms with Gasteiger partial charge in [0.1, 0.15) is 23.6 Å². The van der Waals surface area contributed by atoms with Crippen molar-refractivity contribution in [3.8, 4) is 0 Å². The Hall–Kier alpha value is -1.99. The molecule has 7 heteroatoms. The van der Waals surface area contributed by atoms with Gasteiger partial charge in [0.2, 0.25) is 0 Å². The van der Waals surface area contributed by atoms with E-state index in [0.29, 0.717) is 0 Å². The number of aromatic nitrogens is 4. The highest BCUT2D eigenvalue weighted by Crippen LogP contribution is 2.23. The van der Waals surface area contributed by atoms with Gasteiger partial charge >= 0.3 is 0 Å². The second-order valence-corrected chi connectivity index (χ2v) is 6.41. The van der Waals surface area contributed by atoms with Gasteiger partial charge in [-0.1, -0.05) is 0 Å². The topological polar surface area (TPSA) is 59.3 Å². The molecule has 1 saturated heterocycles. The Labute approximate surface area is 143 Å². The van der Waals surface area contributed by atoms with Crippen LogP contribution in [-0.4, -0.2) is 64.8 Å². The van der Waals surface area contributed by atoms with Gasteiger partial charge in [0.05, 0.1) is 12.3 Å². The van der Waals surface area contributed by atoms with Crippen LogP contribution >= 0.6 is 0 Å². The monoisotopic (exact) mass is 330 g/mol. The first-order valence-electron chi connectivity index (χ1n) is 8.37. The fourth-order valence-electron chi connectivity index (χ4n) is 2.90. The van der Waals surface area contributed by atoms with Crippen molar-refractivity contribution in [2.24, 2.45) is 0 Å². The molecule has 2 aromatic rings. The summed E-state index contributed by atoms with van der Waals surface area (Å²) in [7, 11) is 4.18. The first-order valence-corrected chi connectivity index (χ1v) is 8.37. The lowest BCUT2D eigenvalue weighted by Gasteiger charge is -2.30. The molecular formula is C17H26N6O. The largest absolute Gasteiger partial charge is 0.369 e. The lowest BCUT2D eigenvalue weighted by Crippen LogP contribution is -2.36. The van der Waals surface area contributed by atoms with Crippen LogP contribution in [0.2, 0.25) is 0 Å². The zero-order valence-corrected chi connectivity index (χ0v) is 14.9. The van der Waals surface area contributed by atoms with Gasteiger partial charge in [-0.25, -0.2) is 15.0 Å². The number of likely N-dealkylation sites (N-methyl/N-ethyl adjacent to an activating group) is 2. The first kappa shape index (κ1) is 16.9. The summed E-state index contributed by atoms with van der Waals surface area (Å²) in [5.41, 5.74) is 0.967. The van der Waals surface area contributed by atoms with Crippen molar-refractivity contribution in [1.82, 2.24) is 24.4 Å². The fraction of sp³-hybridized carbons (Fsp3) is 0.588. The van der Waals surface area contributed by atoms with E-state index in [2.05, 4.69) is 49.5 Å². The van der Waals surface area contributed by atoms with E-state index in [1.807, 2.05) is 26.2 Å². The summed E-state index contributed by atoms with van der Waals surface area (Å²) in [4.78, 5) is 17.9. The SMILES string of the molecule is Cc1nc([C@H]2CN(C)CCO2)cc(N(C)CCn2ccnc2C)n1. The number of rotatable bonds is 5. The zero-order chi connectivity index (χ0) is 17.1. The Morgan fingerprint density at radius 3 is 2.88 bits per heavy atom. The summed E-state index contributed by atoms with van der Waals surface area (Å²) in [6, 6.07) is 2.05. The maximum absolute atomic E-state index is 5.90. The molecule has 1 fully saturated rings. The molecule has 0 N–H and O–H groups in total. The second-order valence-electron chi connectivity index (χ2n) is 6.41. The standard InChI is InChI=1S/C17H26N6O/c1-13-19-15(16-12-21(3)9-10-24-16)11-17(20-13)22(4)7-8-23-6-5-18-14(23)2/h5-6,11,16H,7-10,12H2,1-4H3/t16-/m1/s1. The quantitative estimate of drug-likeness (QED) is 0.826. The highest BCUT2D eigenvalue weighted by atomic mass is 16.5. The van der Waals surface area contributed by atoms with Crippen LogP contribution in [0.5, 0.6) is 0 Å². The second kappa shape index (κ2) is 7.27. The van der Waals surface area contributed by atoms with Gasteiger partial charge in [-0.15, -0.1) is 0 Å². The van der Waals surface area contributed by atoms with E-state index in [-0.39, 0.29) is 6.10 Å². The average molecular weight is 330 g/mol. The maximum Gasteiger partial charge on any atom is 0.132 e. The third-order valence-corrected chi connectivity index (χ3v) is 4.43. The Balaban J connectivity index is 1.71. The maximum atomic E-state index is 5.90.